The third kappa shape index (κ3) is 3.86. The lowest BCUT2D eigenvalue weighted by molar-refractivity contribution is -0.119. The molecule has 3 amide bonds. The number of nitrogens with one attached hydrogen (secondary N) is 2. The van der Waals surface area contributed by atoms with Gasteiger partial charge < -0.3 is 15.5 Å². The molecule has 7 nitrogen and oxygen atoms in total. The van der Waals surface area contributed by atoms with E-state index < -0.39 is 0 Å². The van der Waals surface area contributed by atoms with Crippen LogP contribution in [0.5, 0.6) is 0 Å². The lowest BCUT2D eigenvalue weighted by Gasteiger charge is -2.34. The number of fused-ring (bicyclic) bond motifs is 2. The maximum Gasteiger partial charge on any atom is 0.274 e. The zero-order valence-corrected chi connectivity index (χ0v) is 16.9. The second-order valence-electron chi connectivity index (χ2n) is 8.10. The first kappa shape index (κ1) is 19.2. The van der Waals surface area contributed by atoms with Gasteiger partial charge in [-0.3, -0.25) is 14.4 Å². The molecule has 5 rings (SSSR count). The van der Waals surface area contributed by atoms with E-state index in [1.165, 1.54) is 0 Å². The van der Waals surface area contributed by atoms with Crippen molar-refractivity contribution in [2.45, 2.75) is 18.9 Å². The van der Waals surface area contributed by atoms with Crippen LogP contribution in [-0.4, -0.2) is 46.7 Å². The molecule has 3 heterocycles. The van der Waals surface area contributed by atoms with Crippen molar-refractivity contribution in [2.24, 2.45) is 5.92 Å². The van der Waals surface area contributed by atoms with Crippen LogP contribution in [0.1, 0.15) is 33.7 Å². The maximum absolute atomic E-state index is 12.9. The molecule has 0 spiro atoms. The molecule has 3 aromatic rings. The van der Waals surface area contributed by atoms with E-state index in [4.69, 9.17) is 0 Å². The van der Waals surface area contributed by atoms with Crippen molar-refractivity contribution in [1.82, 2.24) is 15.2 Å². The summed E-state index contributed by atoms with van der Waals surface area (Å²) >= 11 is 0. The number of likely N-dealkylation sites (tertiary alicyclic amines) is 1. The molecule has 1 aromatic heterocycles. The highest BCUT2D eigenvalue weighted by Gasteiger charge is 2.38. The van der Waals surface area contributed by atoms with E-state index in [1.54, 1.807) is 35.2 Å². The normalized spacial score (nSPS) is 20.3. The van der Waals surface area contributed by atoms with Gasteiger partial charge in [0.05, 0.1) is 5.52 Å². The molecule has 2 aliphatic heterocycles. The van der Waals surface area contributed by atoms with Gasteiger partial charge in [-0.15, -0.1) is 0 Å². The Morgan fingerprint density at radius 3 is 2.68 bits per heavy atom. The molecule has 2 N–H and O–H groups in total. The number of hydrogen-bond donors (Lipinski definition) is 2. The van der Waals surface area contributed by atoms with E-state index in [1.807, 2.05) is 30.3 Å². The van der Waals surface area contributed by atoms with Gasteiger partial charge in [0.2, 0.25) is 5.91 Å². The number of para-hydroxylation sites is 1. The fourth-order valence-corrected chi connectivity index (χ4v) is 4.36. The number of hydrogen-bond acceptors (Lipinski definition) is 4. The molecule has 0 unspecified atom stereocenters. The summed E-state index contributed by atoms with van der Waals surface area (Å²) in [5, 5.41) is 6.77. The number of carbonyl (C=O) groups is 3. The van der Waals surface area contributed by atoms with E-state index in [9.17, 15) is 14.4 Å². The summed E-state index contributed by atoms with van der Waals surface area (Å²) < 4.78 is 0. The van der Waals surface area contributed by atoms with Crippen molar-refractivity contribution < 1.29 is 14.4 Å². The van der Waals surface area contributed by atoms with E-state index in [0.717, 1.165) is 17.3 Å². The summed E-state index contributed by atoms with van der Waals surface area (Å²) in [5.74, 6) is 0.0423. The Morgan fingerprint density at radius 1 is 1.03 bits per heavy atom. The average Bonchev–Trinajstić information content (AvgIpc) is 3.18. The van der Waals surface area contributed by atoms with Crippen molar-refractivity contribution >= 4 is 34.3 Å². The number of carbonyl (C=O) groups excluding carboxylic acids is 3. The van der Waals surface area contributed by atoms with Crippen molar-refractivity contribution in [3.8, 4) is 0 Å². The monoisotopic (exact) mass is 414 g/mol. The summed E-state index contributed by atoms with van der Waals surface area (Å²) in [6.45, 7) is 1.20. The second-order valence-corrected chi connectivity index (χ2v) is 8.10. The minimum absolute atomic E-state index is 0.0539. The van der Waals surface area contributed by atoms with Crippen molar-refractivity contribution in [3.63, 3.8) is 0 Å². The zero-order valence-electron chi connectivity index (χ0n) is 16.9. The minimum Gasteiger partial charge on any atom is -0.351 e. The van der Waals surface area contributed by atoms with Gasteiger partial charge in [-0.25, -0.2) is 4.98 Å². The Hall–Kier alpha value is -3.74. The Kier molecular flexibility index (Phi) is 4.86. The highest BCUT2D eigenvalue weighted by molar-refractivity contribution is 6.04. The Morgan fingerprint density at radius 2 is 1.84 bits per heavy atom. The van der Waals surface area contributed by atoms with Crippen LogP contribution in [0.3, 0.4) is 0 Å². The molecule has 2 atom stereocenters. The van der Waals surface area contributed by atoms with Gasteiger partial charge in [0.15, 0.2) is 0 Å². The largest absolute Gasteiger partial charge is 0.351 e. The molecule has 2 aromatic carbocycles. The first-order chi connectivity index (χ1) is 15.1. The Bertz CT molecular complexity index is 1170. The lowest BCUT2D eigenvalue weighted by Crippen LogP contribution is -2.49. The molecule has 31 heavy (non-hydrogen) atoms. The standard InChI is InChI=1S/C24H22N4O3/c29-22-13-17-11-12-28(14-21(17)27-22)24(31)16-5-8-18(9-6-16)25-23(30)20-10-7-15-3-1-2-4-19(15)26-20/h1-10,17,21H,11-14H2,(H,25,30)(H,27,29)/t17-,21-/m1/s1. The topological polar surface area (TPSA) is 91.4 Å². The molecular weight excluding hydrogens is 392 g/mol. The van der Waals surface area contributed by atoms with Gasteiger partial charge in [-0.1, -0.05) is 24.3 Å². The highest BCUT2D eigenvalue weighted by Crippen LogP contribution is 2.27. The number of anilines is 1. The predicted molar refractivity (Wildman–Crippen MR) is 117 cm³/mol. The number of nitrogens with zero attached hydrogens (tertiary/aromatic N) is 2. The number of rotatable bonds is 3. The number of amides is 3. The van der Waals surface area contributed by atoms with Gasteiger partial charge in [-0.2, -0.15) is 0 Å². The fourth-order valence-electron chi connectivity index (χ4n) is 4.36. The molecule has 2 aliphatic rings. The molecule has 7 heteroatoms. The van der Waals surface area contributed by atoms with Gasteiger partial charge in [0.25, 0.3) is 11.8 Å². The zero-order chi connectivity index (χ0) is 21.4. The van der Waals surface area contributed by atoms with Crippen LogP contribution < -0.4 is 10.6 Å². The number of aromatic nitrogens is 1. The lowest BCUT2D eigenvalue weighted by atomic mass is 9.92. The Balaban J connectivity index is 1.24. The molecule has 0 bridgehead atoms. The highest BCUT2D eigenvalue weighted by atomic mass is 16.2. The van der Waals surface area contributed by atoms with Gasteiger partial charge in [0.1, 0.15) is 5.69 Å². The molecule has 156 valence electrons. The molecule has 0 radical (unpaired) electrons. The van der Waals surface area contributed by atoms with Gasteiger partial charge in [-0.05, 0) is 48.7 Å². The minimum atomic E-state index is -0.302. The fraction of sp³-hybridized carbons (Fsp3) is 0.250. The summed E-state index contributed by atoms with van der Waals surface area (Å²) in [4.78, 5) is 43.2. The number of benzene rings is 2. The quantitative estimate of drug-likeness (QED) is 0.690. The van der Waals surface area contributed by atoms with E-state index >= 15 is 0 Å². The SMILES string of the molecule is O=C1C[C@H]2CCN(C(=O)c3ccc(NC(=O)c4ccc5ccccc5n4)cc3)C[C@H]2N1. The average molecular weight is 414 g/mol. The van der Waals surface area contributed by atoms with E-state index in [0.29, 0.717) is 42.4 Å². The van der Waals surface area contributed by atoms with Gasteiger partial charge in [0, 0.05) is 42.2 Å². The van der Waals surface area contributed by atoms with Crippen LogP contribution >= 0.6 is 0 Å². The number of piperidine rings is 1. The smallest absolute Gasteiger partial charge is 0.274 e. The van der Waals surface area contributed by atoms with Crippen molar-refractivity contribution in [1.29, 1.82) is 0 Å². The first-order valence-electron chi connectivity index (χ1n) is 10.4. The van der Waals surface area contributed by atoms with Crippen molar-refractivity contribution in [2.75, 3.05) is 18.4 Å². The van der Waals surface area contributed by atoms with Crippen molar-refractivity contribution in [3.05, 3.63) is 71.9 Å². The molecule has 2 saturated heterocycles. The summed E-state index contributed by atoms with van der Waals surface area (Å²) in [6, 6.07) is 18.1. The summed E-state index contributed by atoms with van der Waals surface area (Å²) in [5.41, 5.74) is 2.25. The number of pyridine rings is 1. The van der Waals surface area contributed by atoms with Crippen LogP contribution in [0, 0.1) is 5.92 Å². The predicted octanol–water partition coefficient (Wildman–Crippen LogP) is 2.84. The molecular formula is C24H22N4O3. The first-order valence-corrected chi connectivity index (χ1v) is 10.4. The second kappa shape index (κ2) is 7.83. The van der Waals surface area contributed by atoms with Crippen LogP contribution in [0.15, 0.2) is 60.7 Å². The third-order valence-electron chi connectivity index (χ3n) is 6.06. The van der Waals surface area contributed by atoms with E-state index in [-0.39, 0.29) is 23.8 Å². The van der Waals surface area contributed by atoms with Gasteiger partial charge >= 0.3 is 0 Å². The van der Waals surface area contributed by atoms with Crippen LogP contribution in [0.4, 0.5) is 5.69 Å². The van der Waals surface area contributed by atoms with E-state index in [2.05, 4.69) is 15.6 Å². The van der Waals surface area contributed by atoms with Crippen LogP contribution in [0.2, 0.25) is 0 Å². The maximum atomic E-state index is 12.9. The third-order valence-corrected chi connectivity index (χ3v) is 6.06. The molecule has 0 saturated carbocycles. The molecule has 0 aliphatic carbocycles. The van der Waals surface area contributed by atoms with Crippen LogP contribution in [0.25, 0.3) is 10.9 Å². The Labute approximate surface area is 179 Å². The summed E-state index contributed by atoms with van der Waals surface area (Å²) in [6.07, 6.45) is 1.40. The summed E-state index contributed by atoms with van der Waals surface area (Å²) in [7, 11) is 0. The molecule has 2 fully saturated rings. The van der Waals surface area contributed by atoms with Crippen LogP contribution in [-0.2, 0) is 4.79 Å².